The van der Waals surface area contributed by atoms with E-state index >= 15 is 0 Å². The lowest BCUT2D eigenvalue weighted by molar-refractivity contribution is -0.394. The van der Waals surface area contributed by atoms with Gasteiger partial charge in [-0.05, 0) is 22.6 Å². The van der Waals surface area contributed by atoms with Crippen LogP contribution in [0.5, 0.6) is 0 Å². The molecule has 0 bridgehead atoms. The lowest BCUT2D eigenvalue weighted by Crippen LogP contribution is -2.27. The molecule has 0 atom stereocenters. The average molecular weight is 304 g/mol. The summed E-state index contributed by atoms with van der Waals surface area (Å²) in [6, 6.07) is 7.77. The smallest absolute Gasteiger partial charge is 0.390 e. The Labute approximate surface area is 126 Å². The minimum Gasteiger partial charge on any atom is -0.390 e. The molecule has 0 radical (unpaired) electrons. The molecule has 2 aromatic rings. The zero-order valence-corrected chi connectivity index (χ0v) is 12.3. The van der Waals surface area contributed by atoms with Crippen LogP contribution < -0.4 is 10.2 Å². The molecule has 1 aromatic carbocycles. The lowest BCUT2D eigenvalue weighted by atomic mass is 10.2. The molecule has 0 aliphatic carbocycles. The third-order valence-electron chi connectivity index (χ3n) is 2.94. The highest BCUT2D eigenvalue weighted by Crippen LogP contribution is 2.11. The Balaban J connectivity index is 1.85. The number of amides is 1. The summed E-state index contributed by atoms with van der Waals surface area (Å²) >= 11 is 0. The molecule has 1 heterocycles. The van der Waals surface area contributed by atoms with Crippen molar-refractivity contribution in [1.29, 1.82) is 0 Å². The van der Waals surface area contributed by atoms with Crippen LogP contribution in [0.15, 0.2) is 30.6 Å². The molecule has 22 heavy (non-hydrogen) atoms. The maximum atomic E-state index is 11.8. The van der Waals surface area contributed by atoms with Crippen molar-refractivity contribution in [3.8, 4) is 0 Å². The van der Waals surface area contributed by atoms with Gasteiger partial charge in [0.05, 0.1) is 0 Å². The number of hydrogen-bond donors (Lipinski definition) is 1. The van der Waals surface area contributed by atoms with Crippen molar-refractivity contribution in [2.45, 2.75) is 13.1 Å². The summed E-state index contributed by atoms with van der Waals surface area (Å²) in [5, 5.41) is 16.7. The van der Waals surface area contributed by atoms with E-state index in [2.05, 4.69) is 15.4 Å². The highest BCUT2D eigenvalue weighted by molar-refractivity contribution is 5.75. The Bertz CT molecular complexity index is 665. The van der Waals surface area contributed by atoms with E-state index in [1.165, 1.54) is 0 Å². The van der Waals surface area contributed by atoms with E-state index in [4.69, 9.17) is 0 Å². The Kier molecular flexibility index (Phi) is 4.66. The fourth-order valence-electron chi connectivity index (χ4n) is 1.76. The molecular formula is C13H16N6O3. The van der Waals surface area contributed by atoms with Gasteiger partial charge in [0.25, 0.3) is 0 Å². The van der Waals surface area contributed by atoms with Gasteiger partial charge in [0.2, 0.25) is 12.2 Å². The van der Waals surface area contributed by atoms with Crippen LogP contribution in [0.3, 0.4) is 0 Å². The van der Waals surface area contributed by atoms with Crippen LogP contribution in [0.2, 0.25) is 0 Å². The molecule has 2 rings (SSSR count). The van der Waals surface area contributed by atoms with E-state index in [1.807, 2.05) is 43.3 Å². The van der Waals surface area contributed by atoms with E-state index in [-0.39, 0.29) is 12.5 Å². The fraction of sp³-hybridized carbons (Fsp3) is 0.308. The highest BCUT2D eigenvalue weighted by atomic mass is 16.6. The minimum absolute atomic E-state index is 0.114. The van der Waals surface area contributed by atoms with Crippen molar-refractivity contribution in [3.05, 3.63) is 46.3 Å². The van der Waals surface area contributed by atoms with Gasteiger partial charge in [-0.1, -0.05) is 17.1 Å². The Morgan fingerprint density at radius 3 is 2.59 bits per heavy atom. The summed E-state index contributed by atoms with van der Waals surface area (Å²) in [5.74, 6) is -0.816. The molecule has 116 valence electrons. The zero-order valence-electron chi connectivity index (χ0n) is 12.3. The molecule has 0 aliphatic heterocycles. The summed E-state index contributed by atoms with van der Waals surface area (Å²) in [4.78, 5) is 27.0. The number of nitro groups is 1. The molecule has 0 saturated carbocycles. The Morgan fingerprint density at radius 1 is 1.36 bits per heavy atom. The van der Waals surface area contributed by atoms with Gasteiger partial charge in [-0.15, -0.1) is 0 Å². The number of anilines is 1. The van der Waals surface area contributed by atoms with Crippen molar-refractivity contribution in [2.75, 3.05) is 19.0 Å². The van der Waals surface area contributed by atoms with Crippen molar-refractivity contribution in [2.24, 2.45) is 0 Å². The first-order chi connectivity index (χ1) is 10.5. The van der Waals surface area contributed by atoms with Crippen LogP contribution in [0.1, 0.15) is 5.56 Å². The number of nitrogens with one attached hydrogen (secondary N) is 1. The molecular weight excluding hydrogens is 288 g/mol. The third kappa shape index (κ3) is 4.01. The van der Waals surface area contributed by atoms with E-state index < -0.39 is 10.9 Å². The van der Waals surface area contributed by atoms with E-state index in [0.29, 0.717) is 6.54 Å². The zero-order chi connectivity index (χ0) is 16.1. The molecule has 9 heteroatoms. The van der Waals surface area contributed by atoms with Crippen LogP contribution in [0, 0.1) is 10.1 Å². The predicted molar refractivity (Wildman–Crippen MR) is 79.3 cm³/mol. The fourth-order valence-corrected chi connectivity index (χ4v) is 1.76. The monoisotopic (exact) mass is 304 g/mol. The molecule has 1 aromatic heterocycles. The number of carbonyl (C=O) groups is 1. The number of benzene rings is 1. The summed E-state index contributed by atoms with van der Waals surface area (Å²) in [5.41, 5.74) is 2.04. The van der Waals surface area contributed by atoms with Crippen molar-refractivity contribution in [3.63, 3.8) is 0 Å². The van der Waals surface area contributed by atoms with Crippen LogP contribution >= 0.6 is 0 Å². The van der Waals surface area contributed by atoms with Crippen LogP contribution in [0.4, 0.5) is 11.6 Å². The number of aromatic nitrogens is 3. The standard InChI is InChI=1S/C13H16N6O3/c1-17(2)11-5-3-10(4-6-11)7-14-12(20)8-18-9-15-13(16-18)19(21)22/h3-6,9H,7-8H2,1-2H3,(H,14,20). The first-order valence-corrected chi connectivity index (χ1v) is 6.52. The van der Waals surface area contributed by atoms with Gasteiger partial charge in [-0.25, -0.2) is 0 Å². The summed E-state index contributed by atoms with van der Waals surface area (Å²) in [7, 11) is 3.90. The number of hydrogen-bond acceptors (Lipinski definition) is 6. The quantitative estimate of drug-likeness (QED) is 0.617. The summed E-state index contributed by atoms with van der Waals surface area (Å²) in [6.45, 7) is 0.264. The SMILES string of the molecule is CN(C)c1ccc(CNC(=O)Cn2cnc([N+](=O)[O-])n2)cc1. The normalized spacial score (nSPS) is 10.3. The third-order valence-corrected chi connectivity index (χ3v) is 2.94. The maximum Gasteiger partial charge on any atom is 0.490 e. The lowest BCUT2D eigenvalue weighted by Gasteiger charge is -2.12. The maximum absolute atomic E-state index is 11.8. The second-order valence-corrected chi connectivity index (χ2v) is 4.84. The summed E-state index contributed by atoms with van der Waals surface area (Å²) < 4.78 is 1.13. The first kappa shape index (κ1) is 15.4. The Hall–Kier alpha value is -2.97. The predicted octanol–water partition coefficient (Wildman–Crippen LogP) is 0.569. The van der Waals surface area contributed by atoms with Crippen LogP contribution in [-0.4, -0.2) is 39.7 Å². The summed E-state index contributed by atoms with van der Waals surface area (Å²) in [6.07, 6.45) is 1.16. The molecule has 0 spiro atoms. The van der Waals surface area contributed by atoms with Gasteiger partial charge in [0.1, 0.15) is 6.54 Å². The molecule has 0 saturated heterocycles. The minimum atomic E-state index is -0.708. The van der Waals surface area contributed by atoms with Crippen molar-refractivity contribution >= 4 is 17.5 Å². The molecule has 9 nitrogen and oxygen atoms in total. The highest BCUT2D eigenvalue weighted by Gasteiger charge is 2.14. The van der Waals surface area contributed by atoms with Crippen molar-refractivity contribution < 1.29 is 9.72 Å². The van der Waals surface area contributed by atoms with Gasteiger partial charge in [0.15, 0.2) is 0 Å². The molecule has 0 aliphatic rings. The first-order valence-electron chi connectivity index (χ1n) is 6.52. The largest absolute Gasteiger partial charge is 0.490 e. The molecule has 0 fully saturated rings. The van der Waals surface area contributed by atoms with Crippen LogP contribution in [0.25, 0.3) is 0 Å². The number of carbonyl (C=O) groups excluding carboxylic acids is 1. The number of nitrogens with zero attached hydrogens (tertiary/aromatic N) is 5. The Morgan fingerprint density at radius 2 is 2.05 bits per heavy atom. The van der Waals surface area contributed by atoms with Gasteiger partial charge in [-0.3, -0.25) is 4.79 Å². The van der Waals surface area contributed by atoms with Gasteiger partial charge in [0, 0.05) is 31.4 Å². The van der Waals surface area contributed by atoms with Gasteiger partial charge in [-0.2, -0.15) is 4.68 Å². The van der Waals surface area contributed by atoms with Crippen LogP contribution in [-0.2, 0) is 17.9 Å². The van der Waals surface area contributed by atoms with Gasteiger partial charge < -0.3 is 20.3 Å². The van der Waals surface area contributed by atoms with E-state index in [0.717, 1.165) is 22.3 Å². The topological polar surface area (TPSA) is 106 Å². The van der Waals surface area contributed by atoms with E-state index in [9.17, 15) is 14.9 Å². The van der Waals surface area contributed by atoms with Gasteiger partial charge >= 0.3 is 5.95 Å². The van der Waals surface area contributed by atoms with E-state index in [1.54, 1.807) is 0 Å². The molecule has 0 unspecified atom stereocenters. The molecule has 1 N–H and O–H groups in total. The average Bonchev–Trinajstić information content (AvgIpc) is 2.94. The van der Waals surface area contributed by atoms with Crippen molar-refractivity contribution in [1.82, 2.24) is 20.1 Å². The molecule has 1 amide bonds. The second kappa shape index (κ2) is 6.66. The number of rotatable bonds is 6. The second-order valence-electron chi connectivity index (χ2n) is 4.84.